The molecule has 0 fully saturated rings. The zero-order valence-electron chi connectivity index (χ0n) is 15.1. The number of hydrogen-bond donors (Lipinski definition) is 1. The van der Waals surface area contributed by atoms with Crippen LogP contribution in [0, 0.1) is 0 Å². The maximum absolute atomic E-state index is 12.5. The summed E-state index contributed by atoms with van der Waals surface area (Å²) < 4.78 is 7.82. The molecule has 146 valence electrons. The van der Waals surface area contributed by atoms with Crippen molar-refractivity contribution < 1.29 is 14.3 Å². The highest BCUT2D eigenvalue weighted by molar-refractivity contribution is 6.33. The van der Waals surface area contributed by atoms with Crippen molar-refractivity contribution in [1.29, 1.82) is 0 Å². The van der Waals surface area contributed by atoms with Gasteiger partial charge in [0.05, 0.1) is 13.2 Å². The molecule has 0 unspecified atom stereocenters. The summed E-state index contributed by atoms with van der Waals surface area (Å²) in [7, 11) is 1.55. The average Bonchev–Trinajstić information content (AvgIpc) is 3.20. The number of amides is 1. The molecular formula is C18H17Cl2N5O3. The van der Waals surface area contributed by atoms with E-state index in [1.54, 1.807) is 37.0 Å². The minimum absolute atomic E-state index is 0.0499. The second kappa shape index (κ2) is 8.45. The van der Waals surface area contributed by atoms with Crippen LogP contribution in [0.5, 0.6) is 0 Å². The van der Waals surface area contributed by atoms with Crippen molar-refractivity contribution in [3.8, 4) is 0 Å². The Morgan fingerprint density at radius 3 is 2.57 bits per heavy atom. The van der Waals surface area contributed by atoms with E-state index in [1.807, 2.05) is 12.1 Å². The van der Waals surface area contributed by atoms with Crippen molar-refractivity contribution in [3.05, 3.63) is 63.5 Å². The zero-order valence-corrected chi connectivity index (χ0v) is 16.7. The van der Waals surface area contributed by atoms with Crippen LogP contribution in [-0.2, 0) is 18.3 Å². The maximum atomic E-state index is 12.5. The molecule has 0 radical (unpaired) electrons. The molecule has 0 saturated heterocycles. The number of halogens is 2. The van der Waals surface area contributed by atoms with E-state index in [0.29, 0.717) is 11.6 Å². The zero-order chi connectivity index (χ0) is 20.3. The summed E-state index contributed by atoms with van der Waals surface area (Å²) in [5, 5.41) is 11.8. The number of esters is 1. The average molecular weight is 422 g/mol. The second-order valence-corrected chi connectivity index (χ2v) is 6.71. The lowest BCUT2D eigenvalue weighted by Crippen LogP contribution is -2.14. The van der Waals surface area contributed by atoms with Crippen molar-refractivity contribution in [2.24, 2.45) is 7.05 Å². The van der Waals surface area contributed by atoms with E-state index in [0.717, 1.165) is 5.56 Å². The highest BCUT2D eigenvalue weighted by atomic mass is 35.5. The highest BCUT2D eigenvalue weighted by Gasteiger charge is 2.20. The SMILES string of the molecule is CCOC(=O)c1cc(C(=O)Nc2nn(Cc3ccc(Cl)cc3)cc2Cl)nn1C. The number of carbonyl (C=O) groups excluding carboxylic acids is 2. The van der Waals surface area contributed by atoms with Crippen LogP contribution in [0.15, 0.2) is 36.5 Å². The van der Waals surface area contributed by atoms with Crippen LogP contribution in [-0.4, -0.2) is 38.0 Å². The van der Waals surface area contributed by atoms with Crippen LogP contribution < -0.4 is 5.32 Å². The summed E-state index contributed by atoms with van der Waals surface area (Å²) in [5.41, 5.74) is 1.20. The molecule has 3 aromatic rings. The number of hydrogen-bond acceptors (Lipinski definition) is 5. The van der Waals surface area contributed by atoms with Crippen LogP contribution in [0.25, 0.3) is 0 Å². The molecule has 1 aromatic carbocycles. The predicted molar refractivity (Wildman–Crippen MR) is 105 cm³/mol. The Labute approximate surface area is 171 Å². The lowest BCUT2D eigenvalue weighted by atomic mass is 10.2. The number of nitrogens with one attached hydrogen (secondary N) is 1. The van der Waals surface area contributed by atoms with Crippen LogP contribution in [0.2, 0.25) is 10.0 Å². The van der Waals surface area contributed by atoms with Gasteiger partial charge in [-0.05, 0) is 24.6 Å². The Hall–Kier alpha value is -2.84. The smallest absolute Gasteiger partial charge is 0.356 e. The summed E-state index contributed by atoms with van der Waals surface area (Å²) >= 11 is 12.1. The Bertz CT molecular complexity index is 1010. The summed E-state index contributed by atoms with van der Waals surface area (Å²) in [6.07, 6.45) is 1.61. The number of ether oxygens (including phenoxy) is 1. The van der Waals surface area contributed by atoms with Gasteiger partial charge in [-0.3, -0.25) is 14.2 Å². The molecular weight excluding hydrogens is 405 g/mol. The second-order valence-electron chi connectivity index (χ2n) is 5.86. The fourth-order valence-electron chi connectivity index (χ4n) is 2.49. The largest absolute Gasteiger partial charge is 0.461 e. The van der Waals surface area contributed by atoms with Crippen molar-refractivity contribution in [2.45, 2.75) is 13.5 Å². The number of benzene rings is 1. The minimum Gasteiger partial charge on any atom is -0.461 e. The summed E-state index contributed by atoms with van der Waals surface area (Å²) in [6.45, 7) is 2.39. The van der Waals surface area contributed by atoms with Gasteiger partial charge in [0, 0.05) is 24.3 Å². The molecule has 0 spiro atoms. The van der Waals surface area contributed by atoms with Gasteiger partial charge < -0.3 is 10.1 Å². The molecule has 2 heterocycles. The molecule has 0 bridgehead atoms. The first-order valence-electron chi connectivity index (χ1n) is 8.37. The van der Waals surface area contributed by atoms with Gasteiger partial charge in [-0.15, -0.1) is 0 Å². The van der Waals surface area contributed by atoms with Gasteiger partial charge in [0.1, 0.15) is 10.7 Å². The topological polar surface area (TPSA) is 91.0 Å². The molecule has 0 aliphatic rings. The van der Waals surface area contributed by atoms with Crippen molar-refractivity contribution in [3.63, 3.8) is 0 Å². The molecule has 0 aliphatic heterocycles. The number of rotatable bonds is 6. The summed E-state index contributed by atoms with van der Waals surface area (Å²) in [5.74, 6) is -0.893. The molecule has 1 amide bonds. The first-order valence-corrected chi connectivity index (χ1v) is 9.13. The van der Waals surface area contributed by atoms with Gasteiger partial charge >= 0.3 is 5.97 Å². The Balaban J connectivity index is 1.72. The molecule has 2 aromatic heterocycles. The molecule has 0 aliphatic carbocycles. The maximum Gasteiger partial charge on any atom is 0.356 e. The molecule has 0 atom stereocenters. The molecule has 0 saturated carbocycles. The van der Waals surface area contributed by atoms with Gasteiger partial charge in [0.25, 0.3) is 5.91 Å². The van der Waals surface area contributed by atoms with Gasteiger partial charge in [-0.1, -0.05) is 35.3 Å². The van der Waals surface area contributed by atoms with E-state index < -0.39 is 11.9 Å². The van der Waals surface area contributed by atoms with Crippen molar-refractivity contribution in [1.82, 2.24) is 19.6 Å². The van der Waals surface area contributed by atoms with Crippen LogP contribution in [0.3, 0.4) is 0 Å². The van der Waals surface area contributed by atoms with Crippen LogP contribution >= 0.6 is 23.2 Å². The monoisotopic (exact) mass is 421 g/mol. The first kappa shape index (κ1) is 19.9. The van der Waals surface area contributed by atoms with E-state index in [2.05, 4.69) is 15.5 Å². The van der Waals surface area contributed by atoms with Gasteiger partial charge in [0.15, 0.2) is 11.5 Å². The summed E-state index contributed by atoms with van der Waals surface area (Å²) in [4.78, 5) is 24.3. The standard InChI is InChI=1S/C18H17Cl2N5O3/c1-3-28-18(27)15-8-14(22-24(15)2)17(26)21-16-13(20)10-25(23-16)9-11-4-6-12(19)7-5-11/h4-8,10H,3,9H2,1-2H3,(H,21,23,26). The summed E-state index contributed by atoms with van der Waals surface area (Å²) in [6, 6.07) is 8.67. The molecule has 1 N–H and O–H groups in total. The van der Waals surface area contributed by atoms with E-state index in [-0.39, 0.29) is 28.8 Å². The lowest BCUT2D eigenvalue weighted by molar-refractivity contribution is 0.0513. The van der Waals surface area contributed by atoms with Crippen LogP contribution in [0.4, 0.5) is 5.82 Å². The minimum atomic E-state index is -0.554. The third-order valence-corrected chi connectivity index (χ3v) is 4.33. The first-order chi connectivity index (χ1) is 13.4. The molecule has 3 rings (SSSR count). The fraction of sp³-hybridized carbons (Fsp3) is 0.222. The van der Waals surface area contributed by atoms with E-state index in [4.69, 9.17) is 27.9 Å². The van der Waals surface area contributed by atoms with Crippen LogP contribution in [0.1, 0.15) is 33.5 Å². The third kappa shape index (κ3) is 4.52. The van der Waals surface area contributed by atoms with E-state index in [9.17, 15) is 9.59 Å². The Morgan fingerprint density at radius 1 is 1.18 bits per heavy atom. The number of anilines is 1. The van der Waals surface area contributed by atoms with Gasteiger partial charge in [-0.25, -0.2) is 4.79 Å². The Kier molecular flexibility index (Phi) is 6.01. The molecule has 10 heteroatoms. The van der Waals surface area contributed by atoms with Gasteiger partial charge in [0.2, 0.25) is 0 Å². The van der Waals surface area contributed by atoms with Crippen molar-refractivity contribution in [2.75, 3.05) is 11.9 Å². The lowest BCUT2D eigenvalue weighted by Gasteiger charge is -2.02. The van der Waals surface area contributed by atoms with E-state index >= 15 is 0 Å². The number of aryl methyl sites for hydroxylation is 1. The number of carbonyl (C=O) groups is 2. The van der Waals surface area contributed by atoms with Crippen molar-refractivity contribution >= 4 is 40.9 Å². The van der Waals surface area contributed by atoms with E-state index in [1.165, 1.54) is 10.7 Å². The predicted octanol–water partition coefficient (Wildman–Crippen LogP) is 3.40. The normalized spacial score (nSPS) is 10.7. The van der Waals surface area contributed by atoms with Gasteiger partial charge in [-0.2, -0.15) is 10.2 Å². The third-order valence-electron chi connectivity index (χ3n) is 3.80. The number of nitrogens with zero attached hydrogens (tertiary/aromatic N) is 4. The quantitative estimate of drug-likeness (QED) is 0.615. The Morgan fingerprint density at radius 2 is 1.89 bits per heavy atom. The molecule has 8 nitrogen and oxygen atoms in total. The molecule has 28 heavy (non-hydrogen) atoms. The number of aromatic nitrogens is 4. The fourth-order valence-corrected chi connectivity index (χ4v) is 2.81. The highest BCUT2D eigenvalue weighted by Crippen LogP contribution is 2.21.